The molecule has 1 fully saturated rings. The summed E-state index contributed by atoms with van der Waals surface area (Å²) in [4.78, 5) is 2.54. The predicted octanol–water partition coefficient (Wildman–Crippen LogP) is 1.44. The van der Waals surface area contributed by atoms with Gasteiger partial charge in [0.05, 0.1) is 0 Å². The molecule has 1 aliphatic heterocycles. The second kappa shape index (κ2) is 6.58. The Bertz CT molecular complexity index is 194. The summed E-state index contributed by atoms with van der Waals surface area (Å²) in [6.45, 7) is 12.2. The second-order valence-corrected chi connectivity index (χ2v) is 5.55. The average Bonchev–Trinajstić information content (AvgIpc) is 2.49. The highest BCUT2D eigenvalue weighted by molar-refractivity contribution is 4.92. The van der Waals surface area contributed by atoms with Crippen LogP contribution in [0.2, 0.25) is 0 Å². The molecule has 0 spiro atoms. The van der Waals surface area contributed by atoms with Gasteiger partial charge in [-0.25, -0.2) is 0 Å². The summed E-state index contributed by atoms with van der Waals surface area (Å²) in [6, 6.07) is 0. The third-order valence-electron chi connectivity index (χ3n) is 3.76. The Kier molecular flexibility index (Phi) is 5.73. The molecule has 1 aliphatic rings. The number of nitrogens with two attached hydrogens (primary N) is 1. The highest BCUT2D eigenvalue weighted by Gasteiger charge is 2.30. The van der Waals surface area contributed by atoms with Crippen LogP contribution in [0.4, 0.5) is 0 Å². The minimum atomic E-state index is 0.203. The standard InChI is InChI=1S/C13H29N3/c1-4-16-8-5-6-13(11-14,7-9-16)15-10-12(2)3/h12,15H,4-11,14H2,1-3H3. The first kappa shape index (κ1) is 13.9. The van der Waals surface area contributed by atoms with Gasteiger partial charge in [0.2, 0.25) is 0 Å². The summed E-state index contributed by atoms with van der Waals surface area (Å²) in [5.74, 6) is 0.703. The summed E-state index contributed by atoms with van der Waals surface area (Å²) >= 11 is 0. The van der Waals surface area contributed by atoms with Gasteiger partial charge >= 0.3 is 0 Å². The maximum atomic E-state index is 6.00. The smallest absolute Gasteiger partial charge is 0.0316 e. The molecule has 0 aromatic rings. The lowest BCUT2D eigenvalue weighted by molar-refractivity contribution is 0.260. The van der Waals surface area contributed by atoms with Gasteiger partial charge in [-0.15, -0.1) is 0 Å². The van der Waals surface area contributed by atoms with Crippen molar-refractivity contribution in [1.29, 1.82) is 0 Å². The predicted molar refractivity (Wildman–Crippen MR) is 70.6 cm³/mol. The van der Waals surface area contributed by atoms with Crippen LogP contribution in [-0.2, 0) is 0 Å². The van der Waals surface area contributed by atoms with E-state index in [0.29, 0.717) is 5.92 Å². The van der Waals surface area contributed by atoms with E-state index in [2.05, 4.69) is 31.0 Å². The van der Waals surface area contributed by atoms with Gasteiger partial charge < -0.3 is 16.0 Å². The van der Waals surface area contributed by atoms with Crippen LogP contribution >= 0.6 is 0 Å². The molecule has 1 rings (SSSR count). The largest absolute Gasteiger partial charge is 0.329 e. The van der Waals surface area contributed by atoms with Gasteiger partial charge in [-0.1, -0.05) is 20.8 Å². The Labute approximate surface area is 101 Å². The van der Waals surface area contributed by atoms with Gasteiger partial charge in [-0.3, -0.25) is 0 Å². The first-order chi connectivity index (χ1) is 7.62. The maximum absolute atomic E-state index is 6.00. The molecule has 0 aromatic heterocycles. The van der Waals surface area contributed by atoms with E-state index in [1.165, 1.54) is 38.9 Å². The summed E-state index contributed by atoms with van der Waals surface area (Å²) in [5.41, 5.74) is 6.20. The summed E-state index contributed by atoms with van der Waals surface area (Å²) in [6.07, 6.45) is 3.70. The molecule has 1 heterocycles. The summed E-state index contributed by atoms with van der Waals surface area (Å²) in [7, 11) is 0. The van der Waals surface area contributed by atoms with Gasteiger partial charge in [0.1, 0.15) is 0 Å². The number of likely N-dealkylation sites (tertiary alicyclic amines) is 1. The molecule has 1 unspecified atom stereocenters. The summed E-state index contributed by atoms with van der Waals surface area (Å²) < 4.78 is 0. The number of nitrogens with one attached hydrogen (secondary N) is 1. The molecular formula is C13H29N3. The summed E-state index contributed by atoms with van der Waals surface area (Å²) in [5, 5.41) is 3.72. The number of hydrogen-bond acceptors (Lipinski definition) is 3. The lowest BCUT2D eigenvalue weighted by Crippen LogP contribution is -2.52. The van der Waals surface area contributed by atoms with E-state index < -0.39 is 0 Å². The Hall–Kier alpha value is -0.120. The molecule has 96 valence electrons. The average molecular weight is 227 g/mol. The first-order valence-corrected chi connectivity index (χ1v) is 6.79. The maximum Gasteiger partial charge on any atom is 0.0316 e. The zero-order valence-corrected chi connectivity index (χ0v) is 11.3. The van der Waals surface area contributed by atoms with E-state index in [-0.39, 0.29) is 5.54 Å². The SMILES string of the molecule is CCN1CCCC(CN)(NCC(C)C)CC1. The van der Waals surface area contributed by atoms with Crippen LogP contribution in [-0.4, -0.2) is 43.2 Å². The van der Waals surface area contributed by atoms with Crippen molar-refractivity contribution in [3.05, 3.63) is 0 Å². The molecule has 3 N–H and O–H groups in total. The molecule has 0 saturated carbocycles. The van der Waals surface area contributed by atoms with Crippen molar-refractivity contribution in [1.82, 2.24) is 10.2 Å². The van der Waals surface area contributed by atoms with Crippen molar-refractivity contribution in [3.63, 3.8) is 0 Å². The fourth-order valence-electron chi connectivity index (χ4n) is 2.44. The van der Waals surface area contributed by atoms with Crippen molar-refractivity contribution in [3.8, 4) is 0 Å². The minimum absolute atomic E-state index is 0.203. The highest BCUT2D eigenvalue weighted by atomic mass is 15.1. The molecule has 1 atom stereocenters. The van der Waals surface area contributed by atoms with E-state index >= 15 is 0 Å². The van der Waals surface area contributed by atoms with Crippen molar-refractivity contribution < 1.29 is 0 Å². The zero-order valence-electron chi connectivity index (χ0n) is 11.3. The van der Waals surface area contributed by atoms with Gasteiger partial charge in [-0.2, -0.15) is 0 Å². The lowest BCUT2D eigenvalue weighted by atomic mass is 9.90. The molecule has 0 aromatic carbocycles. The van der Waals surface area contributed by atoms with Crippen LogP contribution in [0.1, 0.15) is 40.0 Å². The Morgan fingerprint density at radius 2 is 2.06 bits per heavy atom. The van der Waals surface area contributed by atoms with Crippen LogP contribution in [0.15, 0.2) is 0 Å². The Morgan fingerprint density at radius 1 is 1.31 bits per heavy atom. The number of rotatable bonds is 5. The highest BCUT2D eigenvalue weighted by Crippen LogP contribution is 2.21. The Balaban J connectivity index is 2.51. The van der Waals surface area contributed by atoms with E-state index in [1.807, 2.05) is 0 Å². The molecule has 0 bridgehead atoms. The van der Waals surface area contributed by atoms with Crippen LogP contribution in [0.5, 0.6) is 0 Å². The zero-order chi connectivity index (χ0) is 12.0. The fourth-order valence-corrected chi connectivity index (χ4v) is 2.44. The van der Waals surface area contributed by atoms with Gasteiger partial charge in [-0.05, 0) is 51.4 Å². The topological polar surface area (TPSA) is 41.3 Å². The second-order valence-electron chi connectivity index (χ2n) is 5.55. The first-order valence-electron chi connectivity index (χ1n) is 6.79. The molecule has 0 radical (unpaired) electrons. The van der Waals surface area contributed by atoms with Crippen LogP contribution in [0.25, 0.3) is 0 Å². The van der Waals surface area contributed by atoms with E-state index in [9.17, 15) is 0 Å². The lowest BCUT2D eigenvalue weighted by Gasteiger charge is -2.33. The molecule has 16 heavy (non-hydrogen) atoms. The van der Waals surface area contributed by atoms with E-state index in [0.717, 1.165) is 13.1 Å². The van der Waals surface area contributed by atoms with Crippen LogP contribution < -0.4 is 11.1 Å². The van der Waals surface area contributed by atoms with Gasteiger partial charge in [0.15, 0.2) is 0 Å². The quantitative estimate of drug-likeness (QED) is 0.747. The molecule has 3 nitrogen and oxygen atoms in total. The number of hydrogen-bond donors (Lipinski definition) is 2. The van der Waals surface area contributed by atoms with Crippen molar-refractivity contribution in [2.75, 3.05) is 32.7 Å². The van der Waals surface area contributed by atoms with Gasteiger partial charge in [0.25, 0.3) is 0 Å². The van der Waals surface area contributed by atoms with Crippen molar-refractivity contribution in [2.45, 2.75) is 45.6 Å². The molecule has 1 saturated heterocycles. The number of nitrogens with zero attached hydrogens (tertiary/aromatic N) is 1. The Morgan fingerprint density at radius 3 is 2.62 bits per heavy atom. The molecular weight excluding hydrogens is 198 g/mol. The normalized spacial score (nSPS) is 28.3. The van der Waals surface area contributed by atoms with Crippen molar-refractivity contribution >= 4 is 0 Å². The van der Waals surface area contributed by atoms with Gasteiger partial charge in [0, 0.05) is 12.1 Å². The third-order valence-corrected chi connectivity index (χ3v) is 3.76. The molecule has 0 aliphatic carbocycles. The van der Waals surface area contributed by atoms with Crippen LogP contribution in [0, 0.1) is 5.92 Å². The van der Waals surface area contributed by atoms with E-state index in [4.69, 9.17) is 5.73 Å². The monoisotopic (exact) mass is 227 g/mol. The molecule has 0 amide bonds. The molecule has 3 heteroatoms. The minimum Gasteiger partial charge on any atom is -0.329 e. The third kappa shape index (κ3) is 4.04. The van der Waals surface area contributed by atoms with E-state index in [1.54, 1.807) is 0 Å². The van der Waals surface area contributed by atoms with Crippen molar-refractivity contribution in [2.24, 2.45) is 11.7 Å². The fraction of sp³-hybridized carbons (Fsp3) is 1.00. The van der Waals surface area contributed by atoms with Crippen LogP contribution in [0.3, 0.4) is 0 Å².